The minimum absolute atomic E-state index is 0.0640. The molecule has 0 aliphatic rings. The van der Waals surface area contributed by atoms with Gasteiger partial charge in [-0.05, 0) is 68.8 Å². The molecule has 0 spiro atoms. The molecule has 2 rings (SSSR count). The highest BCUT2D eigenvalue weighted by molar-refractivity contribution is 9.11. The van der Waals surface area contributed by atoms with Crippen LogP contribution in [0.15, 0.2) is 56.3 Å². The third-order valence-electron chi connectivity index (χ3n) is 3.08. The number of benzene rings is 2. The van der Waals surface area contributed by atoms with Gasteiger partial charge in [-0.1, -0.05) is 31.9 Å². The highest BCUT2D eigenvalue weighted by Gasteiger charge is 2.22. The van der Waals surface area contributed by atoms with Gasteiger partial charge in [0, 0.05) is 8.95 Å². The van der Waals surface area contributed by atoms with Crippen LogP contribution in [0.2, 0.25) is 0 Å². The van der Waals surface area contributed by atoms with E-state index in [-0.39, 0.29) is 4.90 Å². The number of amides is 1. The van der Waals surface area contributed by atoms with Gasteiger partial charge in [-0.3, -0.25) is 0 Å². The predicted octanol–water partition coefficient (Wildman–Crippen LogP) is 5.00. The maximum absolute atomic E-state index is 12.2. The van der Waals surface area contributed by atoms with Crippen LogP contribution in [0, 0.1) is 0 Å². The van der Waals surface area contributed by atoms with Crippen LogP contribution in [0.1, 0.15) is 26.3 Å². The summed E-state index contributed by atoms with van der Waals surface area (Å²) >= 11 is 6.82. The van der Waals surface area contributed by atoms with Crippen molar-refractivity contribution >= 4 is 48.0 Å². The van der Waals surface area contributed by atoms with E-state index in [1.165, 1.54) is 24.3 Å². The quantitative estimate of drug-likeness (QED) is 0.599. The summed E-state index contributed by atoms with van der Waals surface area (Å²) in [5.74, 6) is 0.502. The van der Waals surface area contributed by atoms with E-state index in [4.69, 9.17) is 9.47 Å². The number of hydrogen-bond donors (Lipinski definition) is 1. The van der Waals surface area contributed by atoms with Gasteiger partial charge in [-0.25, -0.2) is 17.9 Å². The number of ether oxygens (including phenoxy) is 2. The monoisotopic (exact) mass is 519 g/mol. The number of halogens is 2. The Bertz CT molecular complexity index is 902. The van der Waals surface area contributed by atoms with Crippen LogP contribution >= 0.6 is 31.9 Å². The molecule has 2 aromatic carbocycles. The van der Waals surface area contributed by atoms with Crippen molar-refractivity contribution in [3.8, 4) is 5.75 Å². The number of carbonyl (C=O) groups is 1. The summed E-state index contributed by atoms with van der Waals surface area (Å²) in [7, 11) is -4.02. The largest absolute Gasteiger partial charge is 0.489 e. The van der Waals surface area contributed by atoms with Crippen molar-refractivity contribution in [2.24, 2.45) is 0 Å². The van der Waals surface area contributed by atoms with E-state index in [2.05, 4.69) is 31.9 Å². The summed E-state index contributed by atoms with van der Waals surface area (Å²) in [4.78, 5) is 11.6. The number of sulfonamides is 1. The fraction of sp³-hybridized carbons (Fsp3) is 0.278. The zero-order chi connectivity index (χ0) is 20.2. The van der Waals surface area contributed by atoms with E-state index in [0.717, 1.165) is 14.5 Å². The second kappa shape index (κ2) is 8.62. The zero-order valence-electron chi connectivity index (χ0n) is 15.0. The third kappa shape index (κ3) is 7.15. The number of hydrogen-bond acceptors (Lipinski definition) is 5. The molecular formula is C18H19Br2NO5S. The molecule has 146 valence electrons. The van der Waals surface area contributed by atoms with E-state index in [1.807, 2.05) is 22.9 Å². The first kappa shape index (κ1) is 21.7. The van der Waals surface area contributed by atoms with E-state index in [0.29, 0.717) is 12.4 Å². The minimum Gasteiger partial charge on any atom is -0.489 e. The Hall–Kier alpha value is -1.58. The highest BCUT2D eigenvalue weighted by Crippen LogP contribution is 2.22. The Morgan fingerprint density at radius 2 is 1.59 bits per heavy atom. The van der Waals surface area contributed by atoms with Gasteiger partial charge in [0.1, 0.15) is 18.0 Å². The van der Waals surface area contributed by atoms with Crippen LogP contribution in [0.25, 0.3) is 0 Å². The molecule has 0 aromatic heterocycles. The van der Waals surface area contributed by atoms with E-state index >= 15 is 0 Å². The smallest absolute Gasteiger partial charge is 0.421 e. The second-order valence-corrected chi connectivity index (χ2v) is 10.2. The van der Waals surface area contributed by atoms with Crippen LogP contribution < -0.4 is 9.46 Å². The fourth-order valence-electron chi connectivity index (χ4n) is 2.04. The summed E-state index contributed by atoms with van der Waals surface area (Å²) in [6.07, 6.45) is -1.02. The van der Waals surface area contributed by atoms with E-state index in [9.17, 15) is 13.2 Å². The molecule has 0 unspecified atom stereocenters. The standard InChI is InChI=1S/C18H19Br2NO5S/c1-18(2,3)26-17(22)21-27(23,24)16-6-4-15(5-7-16)25-11-12-8-13(19)10-14(20)9-12/h4-10H,11H2,1-3H3,(H,21,22). The minimum atomic E-state index is -4.02. The van der Waals surface area contributed by atoms with Crippen molar-refractivity contribution in [3.05, 3.63) is 57.0 Å². The molecule has 0 radical (unpaired) electrons. The topological polar surface area (TPSA) is 81.7 Å². The third-order valence-corrected chi connectivity index (χ3v) is 5.32. The van der Waals surface area contributed by atoms with Crippen molar-refractivity contribution in [2.45, 2.75) is 37.9 Å². The van der Waals surface area contributed by atoms with Crippen LogP contribution in [0.4, 0.5) is 4.79 Å². The molecular weight excluding hydrogens is 502 g/mol. The van der Waals surface area contributed by atoms with Crippen LogP contribution in [-0.2, 0) is 21.4 Å². The molecule has 0 atom stereocenters. The Labute approximate surface area is 175 Å². The molecule has 6 nitrogen and oxygen atoms in total. The van der Waals surface area contributed by atoms with Gasteiger partial charge < -0.3 is 9.47 Å². The Kier molecular flexibility index (Phi) is 6.93. The van der Waals surface area contributed by atoms with Crippen molar-refractivity contribution in [2.75, 3.05) is 0 Å². The molecule has 0 heterocycles. The van der Waals surface area contributed by atoms with Crippen LogP contribution in [0.3, 0.4) is 0 Å². The van der Waals surface area contributed by atoms with Gasteiger partial charge in [-0.2, -0.15) is 0 Å². The number of carbonyl (C=O) groups excluding carboxylic acids is 1. The SMILES string of the molecule is CC(C)(C)OC(=O)NS(=O)(=O)c1ccc(OCc2cc(Br)cc(Br)c2)cc1. The predicted molar refractivity (Wildman–Crippen MR) is 109 cm³/mol. The average Bonchev–Trinajstić information content (AvgIpc) is 2.50. The lowest BCUT2D eigenvalue weighted by atomic mass is 10.2. The lowest BCUT2D eigenvalue weighted by molar-refractivity contribution is 0.0570. The average molecular weight is 521 g/mol. The van der Waals surface area contributed by atoms with E-state index in [1.54, 1.807) is 20.8 Å². The Balaban J connectivity index is 2.02. The molecule has 9 heteroatoms. The lowest BCUT2D eigenvalue weighted by Crippen LogP contribution is -2.36. The first-order valence-electron chi connectivity index (χ1n) is 7.88. The summed E-state index contributed by atoms with van der Waals surface area (Å²) in [5.41, 5.74) is 0.151. The maximum atomic E-state index is 12.2. The van der Waals surface area contributed by atoms with Crippen LogP contribution in [-0.4, -0.2) is 20.1 Å². The van der Waals surface area contributed by atoms with Crippen LogP contribution in [0.5, 0.6) is 5.75 Å². The molecule has 0 aliphatic carbocycles. The van der Waals surface area contributed by atoms with Gasteiger partial charge in [0.05, 0.1) is 4.90 Å². The summed E-state index contributed by atoms with van der Waals surface area (Å²) in [5, 5.41) is 0. The van der Waals surface area contributed by atoms with Gasteiger partial charge in [0.15, 0.2) is 0 Å². The highest BCUT2D eigenvalue weighted by atomic mass is 79.9. The van der Waals surface area contributed by atoms with Gasteiger partial charge in [0.2, 0.25) is 0 Å². The first-order valence-corrected chi connectivity index (χ1v) is 11.0. The molecule has 0 fully saturated rings. The molecule has 2 aromatic rings. The van der Waals surface area contributed by atoms with Gasteiger partial charge >= 0.3 is 6.09 Å². The second-order valence-electron chi connectivity index (χ2n) is 6.65. The fourth-order valence-corrected chi connectivity index (χ4v) is 4.31. The molecule has 0 aliphatic heterocycles. The van der Waals surface area contributed by atoms with Gasteiger partial charge in [0.25, 0.3) is 10.0 Å². The van der Waals surface area contributed by atoms with Crippen molar-refractivity contribution < 1.29 is 22.7 Å². The normalized spacial score (nSPS) is 11.7. The van der Waals surface area contributed by atoms with Crippen molar-refractivity contribution in [1.82, 2.24) is 4.72 Å². The summed E-state index contributed by atoms with van der Waals surface area (Å²) in [6.45, 7) is 5.26. The molecule has 0 bridgehead atoms. The lowest BCUT2D eigenvalue weighted by Gasteiger charge is -2.19. The molecule has 27 heavy (non-hydrogen) atoms. The molecule has 1 N–H and O–H groups in total. The van der Waals surface area contributed by atoms with E-state index < -0.39 is 21.7 Å². The molecule has 1 amide bonds. The first-order chi connectivity index (χ1) is 12.4. The van der Waals surface area contributed by atoms with Crippen molar-refractivity contribution in [1.29, 1.82) is 0 Å². The zero-order valence-corrected chi connectivity index (χ0v) is 18.9. The van der Waals surface area contributed by atoms with Gasteiger partial charge in [-0.15, -0.1) is 0 Å². The maximum Gasteiger partial charge on any atom is 0.421 e. The number of rotatable bonds is 5. The molecule has 0 saturated heterocycles. The van der Waals surface area contributed by atoms with Crippen molar-refractivity contribution in [3.63, 3.8) is 0 Å². The summed E-state index contributed by atoms with van der Waals surface area (Å²) in [6, 6.07) is 11.5. The Morgan fingerprint density at radius 1 is 1.04 bits per heavy atom. The number of nitrogens with one attached hydrogen (secondary N) is 1. The molecule has 0 saturated carbocycles. The summed E-state index contributed by atoms with van der Waals surface area (Å²) < 4.78 is 38.8. The Morgan fingerprint density at radius 3 is 2.11 bits per heavy atom.